The first-order valence-corrected chi connectivity index (χ1v) is 16.4. The number of nitrogens with zero attached hydrogens (tertiary/aromatic N) is 1. The first-order chi connectivity index (χ1) is 19.7. The van der Waals surface area contributed by atoms with Crippen LogP contribution < -0.4 is 5.32 Å². The van der Waals surface area contributed by atoms with Crippen LogP contribution in [0.2, 0.25) is 0 Å². The second kappa shape index (κ2) is 11.3. The number of aromatic nitrogens is 1. The molecule has 1 aromatic carbocycles. The van der Waals surface area contributed by atoms with Crippen LogP contribution in [0, 0.1) is 46.3 Å². The van der Waals surface area contributed by atoms with Crippen LogP contribution in [0.3, 0.4) is 0 Å². The summed E-state index contributed by atoms with van der Waals surface area (Å²) in [6, 6.07) is 8.16. The zero-order valence-corrected chi connectivity index (χ0v) is 25.6. The van der Waals surface area contributed by atoms with Gasteiger partial charge in [0.2, 0.25) is 5.91 Å². The highest BCUT2D eigenvalue weighted by Crippen LogP contribution is 2.68. The number of hydrogen-bond donors (Lipinski definition) is 3. The molecule has 0 aliphatic heterocycles. The van der Waals surface area contributed by atoms with E-state index in [2.05, 4.69) is 49.0 Å². The Kier molecular flexibility index (Phi) is 8.06. The fourth-order valence-corrected chi connectivity index (χ4v) is 10.6. The number of ether oxygens (including phenoxy) is 1. The zero-order valence-electron chi connectivity index (χ0n) is 25.6. The molecule has 6 nitrogen and oxygen atoms in total. The lowest BCUT2D eigenvalue weighted by atomic mass is 9.43. The van der Waals surface area contributed by atoms with E-state index in [-0.39, 0.29) is 28.9 Å². The molecule has 0 bridgehead atoms. The van der Waals surface area contributed by atoms with Crippen LogP contribution in [0.5, 0.6) is 0 Å². The van der Waals surface area contributed by atoms with Gasteiger partial charge in [0.1, 0.15) is 0 Å². The molecule has 3 N–H and O–H groups in total. The number of hydrogen-bond acceptors (Lipinski definition) is 4. The van der Waals surface area contributed by atoms with Crippen molar-refractivity contribution >= 4 is 22.5 Å². The van der Waals surface area contributed by atoms with Crippen molar-refractivity contribution in [2.45, 2.75) is 104 Å². The summed E-state index contributed by atoms with van der Waals surface area (Å²) < 4.78 is 7.41. The fourth-order valence-electron chi connectivity index (χ4n) is 10.6. The summed E-state index contributed by atoms with van der Waals surface area (Å²) in [5.74, 6) is 3.36. The summed E-state index contributed by atoms with van der Waals surface area (Å²) in [6.07, 6.45) is 11.8. The highest BCUT2D eigenvalue weighted by Gasteiger charge is 2.63. The Morgan fingerprint density at radius 3 is 2.73 bits per heavy atom. The number of aliphatic hydroxyl groups is 2. The molecule has 10 atom stereocenters. The number of nitrogens with one attached hydrogen (secondary N) is 1. The molecule has 226 valence electrons. The van der Waals surface area contributed by atoms with Crippen molar-refractivity contribution in [3.05, 3.63) is 30.5 Å². The third-order valence-corrected chi connectivity index (χ3v) is 13.0. The minimum absolute atomic E-state index is 0.0643. The smallest absolute Gasteiger partial charge is 0.224 e. The monoisotopic (exact) mass is 564 g/mol. The molecular formula is C35H52N2O4. The van der Waals surface area contributed by atoms with E-state index < -0.39 is 0 Å². The maximum atomic E-state index is 13.2. The predicted octanol–water partition coefficient (Wildman–Crippen LogP) is 6.63. The average Bonchev–Trinajstić information content (AvgIpc) is 3.54. The molecule has 0 saturated heterocycles. The van der Waals surface area contributed by atoms with E-state index in [4.69, 9.17) is 4.74 Å². The van der Waals surface area contributed by atoms with Crippen molar-refractivity contribution < 1.29 is 19.7 Å². The van der Waals surface area contributed by atoms with Gasteiger partial charge in [0.25, 0.3) is 0 Å². The van der Waals surface area contributed by atoms with Crippen molar-refractivity contribution in [1.29, 1.82) is 0 Å². The molecule has 4 aliphatic rings. The zero-order chi connectivity index (χ0) is 28.9. The molecule has 41 heavy (non-hydrogen) atoms. The molecule has 0 unspecified atom stereocenters. The van der Waals surface area contributed by atoms with Crippen LogP contribution in [0.15, 0.2) is 30.5 Å². The molecule has 6 rings (SSSR count). The van der Waals surface area contributed by atoms with Crippen LogP contribution >= 0.6 is 0 Å². The van der Waals surface area contributed by atoms with Crippen LogP contribution in [0.4, 0.5) is 5.69 Å². The molecule has 2 aromatic rings. The maximum Gasteiger partial charge on any atom is 0.224 e. The third-order valence-electron chi connectivity index (χ3n) is 13.0. The number of aliphatic hydroxyl groups excluding tert-OH is 2. The maximum absolute atomic E-state index is 13.2. The van der Waals surface area contributed by atoms with Gasteiger partial charge in [-0.05, 0) is 122 Å². The van der Waals surface area contributed by atoms with Gasteiger partial charge in [-0.15, -0.1) is 0 Å². The number of fused-ring (bicyclic) bond motifs is 6. The number of anilines is 1. The highest BCUT2D eigenvalue weighted by atomic mass is 16.5. The van der Waals surface area contributed by atoms with Gasteiger partial charge in [0.05, 0.1) is 30.0 Å². The molecule has 4 aliphatic carbocycles. The Balaban J connectivity index is 1.10. The van der Waals surface area contributed by atoms with E-state index in [9.17, 15) is 15.0 Å². The summed E-state index contributed by atoms with van der Waals surface area (Å²) in [4.78, 5) is 13.2. The molecule has 0 radical (unpaired) electrons. The predicted molar refractivity (Wildman–Crippen MR) is 163 cm³/mol. The number of carbonyl (C=O) groups is 1. The molecule has 1 aromatic heterocycles. The largest absolute Gasteiger partial charge is 0.393 e. The summed E-state index contributed by atoms with van der Waals surface area (Å²) in [5, 5.41) is 26.5. The molecule has 6 heteroatoms. The van der Waals surface area contributed by atoms with Gasteiger partial charge in [0, 0.05) is 31.7 Å². The lowest BCUT2D eigenvalue weighted by Crippen LogP contribution is -2.58. The molecule has 0 spiro atoms. The first-order valence-electron chi connectivity index (χ1n) is 16.4. The standard InChI is InChI=1S/C35H52N2O4/c1-22(8-13-33(40)36-30-6-5-7-31-26(30)15-17-37(31)18-19-41-4)27-11-12-28-25-10-9-23-20-24(38)14-16-34(23,2)29(25)21-32(39)35(27,28)3/h5-7,15,17,22-25,27-29,32,38-39H,8-14,16,18-21H2,1-4H3,(H,36,40)/t22-,23+,24-,25+,27+,28-,29-,32+,34+,35-/m1/s1. The fraction of sp³-hybridized carbons (Fsp3) is 0.743. The Bertz CT molecular complexity index is 1240. The Morgan fingerprint density at radius 1 is 1.10 bits per heavy atom. The van der Waals surface area contributed by atoms with Gasteiger partial charge in [-0.25, -0.2) is 0 Å². The molecule has 4 saturated carbocycles. The van der Waals surface area contributed by atoms with Gasteiger partial charge in [-0.1, -0.05) is 26.8 Å². The molecular weight excluding hydrogens is 512 g/mol. The van der Waals surface area contributed by atoms with Gasteiger partial charge in [-0.2, -0.15) is 0 Å². The Labute approximate surface area is 246 Å². The summed E-state index contributed by atoms with van der Waals surface area (Å²) >= 11 is 0. The Morgan fingerprint density at radius 2 is 1.93 bits per heavy atom. The lowest BCUT2D eigenvalue weighted by molar-refractivity contribution is -0.174. The SMILES string of the molecule is COCCn1ccc2c(NC(=O)CC[C@@H](C)[C@@H]3CC[C@@H]4[C@@H]5CC[C@H]6C[C@H](O)CC[C@]6(C)[C@@H]5C[C@H](O)[C@@]43C)cccc21. The molecule has 4 fully saturated rings. The van der Waals surface area contributed by atoms with Crippen LogP contribution in [0.1, 0.15) is 85.0 Å². The lowest BCUT2D eigenvalue weighted by Gasteiger charge is -2.62. The Hall–Kier alpha value is -1.89. The average molecular weight is 565 g/mol. The van der Waals surface area contributed by atoms with Crippen LogP contribution in [-0.2, 0) is 16.1 Å². The van der Waals surface area contributed by atoms with Gasteiger partial charge in [0.15, 0.2) is 0 Å². The quantitative estimate of drug-likeness (QED) is 0.336. The minimum atomic E-state index is -0.278. The van der Waals surface area contributed by atoms with Gasteiger partial charge >= 0.3 is 0 Å². The van der Waals surface area contributed by atoms with Crippen molar-refractivity contribution in [3.63, 3.8) is 0 Å². The highest BCUT2D eigenvalue weighted by molar-refractivity contribution is 6.01. The number of benzene rings is 1. The summed E-state index contributed by atoms with van der Waals surface area (Å²) in [6.45, 7) is 8.63. The van der Waals surface area contributed by atoms with E-state index in [1.807, 2.05) is 12.1 Å². The normalized spacial score (nSPS) is 39.1. The van der Waals surface area contributed by atoms with E-state index >= 15 is 0 Å². The molecule has 1 amide bonds. The van der Waals surface area contributed by atoms with E-state index in [0.717, 1.165) is 61.7 Å². The minimum Gasteiger partial charge on any atom is -0.393 e. The number of amides is 1. The number of rotatable bonds is 8. The van der Waals surface area contributed by atoms with E-state index in [0.29, 0.717) is 48.5 Å². The second-order valence-corrected chi connectivity index (χ2v) is 14.7. The summed E-state index contributed by atoms with van der Waals surface area (Å²) in [7, 11) is 1.71. The van der Waals surface area contributed by atoms with E-state index in [1.165, 1.54) is 19.3 Å². The third kappa shape index (κ3) is 4.96. The molecule has 1 heterocycles. The number of carbonyl (C=O) groups excluding carboxylic acids is 1. The summed E-state index contributed by atoms with van der Waals surface area (Å²) in [5.41, 5.74) is 2.18. The van der Waals surface area contributed by atoms with Gasteiger partial charge < -0.3 is 24.8 Å². The van der Waals surface area contributed by atoms with Crippen LogP contribution in [0.25, 0.3) is 10.9 Å². The first kappa shape index (κ1) is 29.2. The van der Waals surface area contributed by atoms with Crippen molar-refractivity contribution in [2.24, 2.45) is 46.3 Å². The topological polar surface area (TPSA) is 83.7 Å². The van der Waals surface area contributed by atoms with E-state index in [1.54, 1.807) is 7.11 Å². The second-order valence-electron chi connectivity index (χ2n) is 14.7. The number of methoxy groups -OCH3 is 1. The van der Waals surface area contributed by atoms with Crippen molar-refractivity contribution in [1.82, 2.24) is 4.57 Å². The van der Waals surface area contributed by atoms with Crippen LogP contribution in [-0.4, -0.2) is 46.6 Å². The van der Waals surface area contributed by atoms with Crippen molar-refractivity contribution in [3.8, 4) is 0 Å². The van der Waals surface area contributed by atoms with Crippen molar-refractivity contribution in [2.75, 3.05) is 19.0 Å². The van der Waals surface area contributed by atoms with Gasteiger partial charge in [-0.3, -0.25) is 4.79 Å².